The van der Waals surface area contributed by atoms with Crippen molar-refractivity contribution >= 4 is 17.6 Å². The molecule has 1 saturated carbocycles. The number of rotatable bonds is 5. The van der Waals surface area contributed by atoms with Crippen LogP contribution in [-0.2, 0) is 0 Å². The lowest BCUT2D eigenvalue weighted by atomic mass is 9.83. The summed E-state index contributed by atoms with van der Waals surface area (Å²) in [5, 5.41) is 6.55. The van der Waals surface area contributed by atoms with Crippen LogP contribution in [0.2, 0.25) is 0 Å². The highest BCUT2D eigenvalue weighted by molar-refractivity contribution is 5.51. The third-order valence-electron chi connectivity index (χ3n) is 3.99. The Hall–Kier alpha value is -1.52. The summed E-state index contributed by atoms with van der Waals surface area (Å²) in [4.78, 5) is 8.39. The summed E-state index contributed by atoms with van der Waals surface area (Å²) in [5.41, 5.74) is 5.73. The quantitative estimate of drug-likeness (QED) is 0.761. The lowest BCUT2D eigenvalue weighted by Crippen LogP contribution is -2.30. The van der Waals surface area contributed by atoms with Gasteiger partial charge in [-0.2, -0.15) is 9.97 Å². The van der Waals surface area contributed by atoms with E-state index in [1.165, 1.54) is 32.1 Å². The Morgan fingerprint density at radius 3 is 2.58 bits per heavy atom. The fourth-order valence-corrected chi connectivity index (χ4v) is 2.95. The zero-order valence-corrected chi connectivity index (χ0v) is 11.9. The lowest BCUT2D eigenvalue weighted by Gasteiger charge is -2.30. The van der Waals surface area contributed by atoms with E-state index in [9.17, 15) is 0 Å². The maximum absolute atomic E-state index is 5.73. The van der Waals surface area contributed by atoms with Gasteiger partial charge in [0.15, 0.2) is 0 Å². The topological polar surface area (TPSA) is 75.9 Å². The molecule has 2 rings (SSSR count). The van der Waals surface area contributed by atoms with Gasteiger partial charge in [-0.05, 0) is 25.2 Å². The monoisotopic (exact) mass is 263 g/mol. The Bertz CT molecular complexity index is 401. The minimum Gasteiger partial charge on any atom is -0.373 e. The van der Waals surface area contributed by atoms with E-state index in [0.29, 0.717) is 12.0 Å². The number of anilines is 3. The van der Waals surface area contributed by atoms with Gasteiger partial charge in [0.05, 0.1) is 0 Å². The summed E-state index contributed by atoms with van der Waals surface area (Å²) in [7, 11) is 1.84. The molecule has 1 atom stereocenters. The van der Waals surface area contributed by atoms with E-state index in [2.05, 4.69) is 27.5 Å². The Morgan fingerprint density at radius 2 is 1.95 bits per heavy atom. The van der Waals surface area contributed by atoms with Crippen LogP contribution >= 0.6 is 0 Å². The maximum atomic E-state index is 5.73. The molecule has 1 aromatic rings. The van der Waals surface area contributed by atoms with E-state index in [0.717, 1.165) is 24.0 Å². The van der Waals surface area contributed by atoms with Crippen molar-refractivity contribution in [2.75, 3.05) is 23.4 Å². The van der Waals surface area contributed by atoms with E-state index in [-0.39, 0.29) is 0 Å². The summed E-state index contributed by atoms with van der Waals surface area (Å²) in [6, 6.07) is 2.40. The summed E-state index contributed by atoms with van der Waals surface area (Å²) in [5.74, 6) is 2.66. The van der Waals surface area contributed by atoms with Crippen LogP contribution < -0.4 is 16.4 Å². The predicted molar refractivity (Wildman–Crippen MR) is 80.3 cm³/mol. The molecule has 0 bridgehead atoms. The highest BCUT2D eigenvalue weighted by atomic mass is 15.1. The average molecular weight is 263 g/mol. The number of nitrogens with two attached hydrogens (primary N) is 1. The zero-order chi connectivity index (χ0) is 13.7. The first kappa shape index (κ1) is 13.9. The first-order chi connectivity index (χ1) is 9.22. The van der Waals surface area contributed by atoms with E-state index in [4.69, 9.17) is 5.73 Å². The molecule has 1 fully saturated rings. The summed E-state index contributed by atoms with van der Waals surface area (Å²) in [6.45, 7) is 2.23. The average Bonchev–Trinajstić information content (AvgIpc) is 2.45. The van der Waals surface area contributed by atoms with Crippen molar-refractivity contribution in [1.82, 2.24) is 9.97 Å². The molecule has 1 aliphatic carbocycles. The molecule has 0 aromatic carbocycles. The van der Waals surface area contributed by atoms with Gasteiger partial charge < -0.3 is 16.4 Å². The Labute approximate surface area is 115 Å². The van der Waals surface area contributed by atoms with Crippen molar-refractivity contribution in [2.45, 2.75) is 51.5 Å². The number of aromatic nitrogens is 2. The van der Waals surface area contributed by atoms with Crippen LogP contribution in [0.25, 0.3) is 0 Å². The molecule has 5 nitrogen and oxygen atoms in total. The molecule has 0 amide bonds. The number of hydrogen-bond donors (Lipinski definition) is 3. The fraction of sp³-hybridized carbons (Fsp3) is 0.714. The SMILES string of the molecule is CCC(Nc1cc(NC)nc(N)n1)C1CCCCC1. The molecule has 106 valence electrons. The van der Waals surface area contributed by atoms with Gasteiger partial charge in [0.1, 0.15) is 11.6 Å². The first-order valence-corrected chi connectivity index (χ1v) is 7.31. The van der Waals surface area contributed by atoms with Crippen LogP contribution in [0, 0.1) is 5.92 Å². The van der Waals surface area contributed by atoms with Gasteiger partial charge in [-0.1, -0.05) is 26.2 Å². The van der Waals surface area contributed by atoms with Gasteiger partial charge in [-0.15, -0.1) is 0 Å². The van der Waals surface area contributed by atoms with E-state index in [1.54, 1.807) is 0 Å². The van der Waals surface area contributed by atoms with Gasteiger partial charge >= 0.3 is 0 Å². The molecule has 1 unspecified atom stereocenters. The molecule has 19 heavy (non-hydrogen) atoms. The van der Waals surface area contributed by atoms with Crippen molar-refractivity contribution in [3.8, 4) is 0 Å². The number of nitrogen functional groups attached to an aromatic ring is 1. The molecule has 0 spiro atoms. The Balaban J connectivity index is 2.06. The summed E-state index contributed by atoms with van der Waals surface area (Å²) < 4.78 is 0. The van der Waals surface area contributed by atoms with Gasteiger partial charge in [-0.3, -0.25) is 0 Å². The molecule has 1 heterocycles. The minimum atomic E-state index is 0.313. The molecule has 0 saturated heterocycles. The number of nitrogens with zero attached hydrogens (tertiary/aromatic N) is 2. The minimum absolute atomic E-state index is 0.313. The van der Waals surface area contributed by atoms with Crippen LogP contribution in [0.3, 0.4) is 0 Å². The van der Waals surface area contributed by atoms with E-state index < -0.39 is 0 Å². The van der Waals surface area contributed by atoms with Crippen molar-refractivity contribution < 1.29 is 0 Å². The largest absolute Gasteiger partial charge is 0.373 e. The zero-order valence-electron chi connectivity index (χ0n) is 11.9. The third-order valence-corrected chi connectivity index (χ3v) is 3.99. The fourth-order valence-electron chi connectivity index (χ4n) is 2.95. The van der Waals surface area contributed by atoms with Crippen molar-refractivity contribution in [1.29, 1.82) is 0 Å². The molecular weight excluding hydrogens is 238 g/mol. The number of hydrogen-bond acceptors (Lipinski definition) is 5. The maximum Gasteiger partial charge on any atom is 0.223 e. The van der Waals surface area contributed by atoms with Gasteiger partial charge in [0.2, 0.25) is 5.95 Å². The molecule has 1 aromatic heterocycles. The van der Waals surface area contributed by atoms with Gasteiger partial charge in [0.25, 0.3) is 0 Å². The molecular formula is C14H25N5. The first-order valence-electron chi connectivity index (χ1n) is 7.31. The smallest absolute Gasteiger partial charge is 0.223 e. The lowest BCUT2D eigenvalue weighted by molar-refractivity contribution is 0.312. The van der Waals surface area contributed by atoms with Crippen molar-refractivity contribution in [2.24, 2.45) is 5.92 Å². The third kappa shape index (κ3) is 3.72. The van der Waals surface area contributed by atoms with Crippen molar-refractivity contribution in [3.63, 3.8) is 0 Å². The molecule has 0 aliphatic heterocycles. The van der Waals surface area contributed by atoms with E-state index in [1.807, 2.05) is 13.1 Å². The van der Waals surface area contributed by atoms with Crippen LogP contribution in [0.1, 0.15) is 45.4 Å². The molecule has 5 heteroatoms. The Kier molecular flexibility index (Phi) is 4.82. The van der Waals surface area contributed by atoms with Crippen molar-refractivity contribution in [3.05, 3.63) is 6.07 Å². The second-order valence-corrected chi connectivity index (χ2v) is 5.30. The second-order valence-electron chi connectivity index (χ2n) is 5.30. The molecule has 1 aliphatic rings. The standard InChI is InChI=1S/C14H25N5/c1-3-11(10-7-5-4-6-8-10)17-13-9-12(16-2)18-14(15)19-13/h9-11H,3-8H2,1-2H3,(H4,15,16,17,18,19). The Morgan fingerprint density at radius 1 is 1.26 bits per heavy atom. The molecule has 0 radical (unpaired) electrons. The molecule has 4 N–H and O–H groups in total. The van der Waals surface area contributed by atoms with Gasteiger partial charge in [-0.25, -0.2) is 0 Å². The highest BCUT2D eigenvalue weighted by Crippen LogP contribution is 2.29. The van der Waals surface area contributed by atoms with Gasteiger partial charge in [0, 0.05) is 19.2 Å². The van der Waals surface area contributed by atoms with Crippen LogP contribution in [-0.4, -0.2) is 23.1 Å². The second kappa shape index (κ2) is 6.59. The predicted octanol–water partition coefficient (Wildman–Crippen LogP) is 2.87. The number of nitrogens with one attached hydrogen (secondary N) is 2. The van der Waals surface area contributed by atoms with Crippen LogP contribution in [0.15, 0.2) is 6.07 Å². The van der Waals surface area contributed by atoms with Crippen LogP contribution in [0.5, 0.6) is 0 Å². The normalized spacial score (nSPS) is 18.0. The summed E-state index contributed by atoms with van der Waals surface area (Å²) >= 11 is 0. The van der Waals surface area contributed by atoms with Crippen LogP contribution in [0.4, 0.5) is 17.6 Å². The highest BCUT2D eigenvalue weighted by Gasteiger charge is 2.22. The van der Waals surface area contributed by atoms with E-state index >= 15 is 0 Å². The summed E-state index contributed by atoms with van der Waals surface area (Å²) in [6.07, 6.45) is 7.86.